The number of fused-ring (bicyclic) bond motifs is 1. The molecule has 4 nitrogen and oxygen atoms in total. The Kier molecular flexibility index (Phi) is 10.6. The Bertz CT molecular complexity index is 919. The summed E-state index contributed by atoms with van der Waals surface area (Å²) in [6.45, 7) is 8.87. The van der Waals surface area contributed by atoms with Crippen LogP contribution in [0.1, 0.15) is 65.0 Å². The van der Waals surface area contributed by atoms with Crippen LogP contribution in [-0.2, 0) is 4.79 Å². The number of unbranched alkanes of at least 4 members (excludes halogenated alkanes) is 5. The zero-order valence-electron chi connectivity index (χ0n) is 19.2. The lowest BCUT2D eigenvalue weighted by molar-refractivity contribution is -0.116. The predicted molar refractivity (Wildman–Crippen MR) is 131 cm³/mol. The van der Waals surface area contributed by atoms with Gasteiger partial charge in [-0.3, -0.25) is 4.79 Å². The van der Waals surface area contributed by atoms with E-state index in [0.29, 0.717) is 29.1 Å². The van der Waals surface area contributed by atoms with Gasteiger partial charge < -0.3 is 10.1 Å². The molecule has 2 aromatic rings. The Morgan fingerprint density at radius 3 is 2.74 bits per heavy atom. The summed E-state index contributed by atoms with van der Waals surface area (Å²) in [5.41, 5.74) is 0.793. The van der Waals surface area contributed by atoms with Crippen molar-refractivity contribution in [2.45, 2.75) is 66.2 Å². The van der Waals surface area contributed by atoms with Gasteiger partial charge in [0.25, 0.3) is 0 Å². The van der Waals surface area contributed by atoms with Gasteiger partial charge in [-0.1, -0.05) is 76.3 Å². The number of carbonyl (C=O) groups is 1. The Morgan fingerprint density at radius 2 is 2.00 bits per heavy atom. The first-order chi connectivity index (χ1) is 14.9. The number of rotatable bonds is 12. The molecule has 0 aliphatic rings. The highest BCUT2D eigenvalue weighted by Gasteiger charge is 2.09. The van der Waals surface area contributed by atoms with Gasteiger partial charge in [0.05, 0.1) is 10.7 Å². The zero-order valence-corrected chi connectivity index (χ0v) is 20.0. The average molecular weight is 443 g/mol. The number of pyridine rings is 1. The second kappa shape index (κ2) is 13.2. The van der Waals surface area contributed by atoms with Crippen LogP contribution in [0.5, 0.6) is 5.88 Å². The minimum absolute atomic E-state index is 0.170. The van der Waals surface area contributed by atoms with Crippen LogP contribution in [0.2, 0.25) is 5.02 Å². The highest BCUT2D eigenvalue weighted by Crippen LogP contribution is 2.29. The average Bonchev–Trinajstić information content (AvgIpc) is 2.71. The lowest BCUT2D eigenvalue weighted by atomic mass is 10.1. The number of nitrogens with zero attached hydrogens (tertiary/aromatic N) is 1. The molecule has 168 valence electrons. The first kappa shape index (κ1) is 24.9. The number of amides is 1. The third kappa shape index (κ3) is 8.74. The summed E-state index contributed by atoms with van der Waals surface area (Å²) in [7, 11) is 0. The van der Waals surface area contributed by atoms with Crippen LogP contribution in [0.15, 0.2) is 48.3 Å². The molecule has 2 rings (SSSR count). The summed E-state index contributed by atoms with van der Waals surface area (Å²) in [4.78, 5) is 16.9. The van der Waals surface area contributed by atoms with Crippen molar-refractivity contribution in [3.05, 3.63) is 59.0 Å². The third-order valence-electron chi connectivity index (χ3n) is 4.90. The molecule has 0 bridgehead atoms. The molecule has 31 heavy (non-hydrogen) atoms. The van der Waals surface area contributed by atoms with Gasteiger partial charge in [-0.15, -0.1) is 0 Å². The number of benzene rings is 1. The summed E-state index contributed by atoms with van der Waals surface area (Å²) in [5.74, 6) is 1.14. The van der Waals surface area contributed by atoms with Crippen LogP contribution in [0.3, 0.4) is 0 Å². The molecule has 0 atom stereocenters. The first-order valence-corrected chi connectivity index (χ1v) is 11.7. The molecular formula is C26H35ClN2O2. The number of hydrogen-bond donors (Lipinski definition) is 1. The van der Waals surface area contributed by atoms with E-state index in [2.05, 4.69) is 37.1 Å². The van der Waals surface area contributed by atoms with Crippen LogP contribution in [0.25, 0.3) is 10.8 Å². The van der Waals surface area contributed by atoms with Gasteiger partial charge >= 0.3 is 0 Å². The lowest BCUT2D eigenvalue weighted by Gasteiger charge is -2.11. The molecule has 1 N–H and O–H groups in total. The highest BCUT2D eigenvalue weighted by atomic mass is 35.5. The molecule has 0 aliphatic heterocycles. The standard InChI is InChI=1S/C26H35ClN2O2/c1-5-6-7-8-9-10-11-14-22(17-24(30)28-18-19(2)3)31-25-16-21-13-12-15-23(27)26(21)20(4)29-25/h11-17,19H,5-10,18H2,1-4H3,(H,28,30)/b14-11+,22-17+. The van der Waals surface area contributed by atoms with Crippen LogP contribution in [-0.4, -0.2) is 17.4 Å². The first-order valence-electron chi connectivity index (χ1n) is 11.3. The van der Waals surface area contributed by atoms with Crippen molar-refractivity contribution in [1.82, 2.24) is 10.3 Å². The molecule has 0 unspecified atom stereocenters. The van der Waals surface area contributed by atoms with Crippen molar-refractivity contribution in [1.29, 1.82) is 0 Å². The smallest absolute Gasteiger partial charge is 0.247 e. The molecule has 0 saturated carbocycles. The van der Waals surface area contributed by atoms with Gasteiger partial charge in [-0.2, -0.15) is 0 Å². The Hall–Kier alpha value is -2.33. The minimum Gasteiger partial charge on any atom is -0.439 e. The zero-order chi connectivity index (χ0) is 22.6. The van der Waals surface area contributed by atoms with Crippen molar-refractivity contribution in [3.8, 4) is 5.88 Å². The summed E-state index contributed by atoms with van der Waals surface area (Å²) < 4.78 is 6.03. The fourth-order valence-electron chi connectivity index (χ4n) is 3.26. The Labute approximate surface area is 191 Å². The molecule has 1 heterocycles. The van der Waals surface area contributed by atoms with E-state index in [1.54, 1.807) is 0 Å². The number of aryl methyl sites for hydroxylation is 1. The van der Waals surface area contributed by atoms with E-state index in [1.165, 1.54) is 31.8 Å². The second-order valence-corrected chi connectivity index (χ2v) is 8.68. The predicted octanol–water partition coefficient (Wildman–Crippen LogP) is 7.15. The minimum atomic E-state index is -0.170. The van der Waals surface area contributed by atoms with Crippen LogP contribution < -0.4 is 10.1 Å². The third-order valence-corrected chi connectivity index (χ3v) is 5.22. The number of carbonyl (C=O) groups excluding carboxylic acids is 1. The van der Waals surface area contributed by atoms with Crippen molar-refractivity contribution >= 4 is 28.3 Å². The van der Waals surface area contributed by atoms with E-state index in [4.69, 9.17) is 16.3 Å². The molecule has 5 heteroatoms. The maximum Gasteiger partial charge on any atom is 0.247 e. The van der Waals surface area contributed by atoms with Gasteiger partial charge in [-0.25, -0.2) is 4.98 Å². The Morgan fingerprint density at radius 1 is 1.23 bits per heavy atom. The van der Waals surface area contributed by atoms with Crippen molar-refractivity contribution in [2.24, 2.45) is 5.92 Å². The van der Waals surface area contributed by atoms with Gasteiger partial charge in [0.15, 0.2) is 0 Å². The number of halogens is 1. The fraction of sp³-hybridized carbons (Fsp3) is 0.462. The highest BCUT2D eigenvalue weighted by molar-refractivity contribution is 6.35. The maximum atomic E-state index is 12.3. The van der Waals surface area contributed by atoms with E-state index in [0.717, 1.165) is 29.3 Å². The molecule has 1 amide bonds. The van der Waals surface area contributed by atoms with Crippen molar-refractivity contribution < 1.29 is 9.53 Å². The van der Waals surface area contributed by atoms with Crippen LogP contribution >= 0.6 is 11.6 Å². The van der Waals surface area contributed by atoms with Crippen molar-refractivity contribution in [2.75, 3.05) is 6.54 Å². The number of aromatic nitrogens is 1. The number of hydrogen-bond acceptors (Lipinski definition) is 3. The number of ether oxygens (including phenoxy) is 1. The molecule has 1 aromatic carbocycles. The van der Waals surface area contributed by atoms with Gasteiger partial charge in [0.2, 0.25) is 11.8 Å². The van der Waals surface area contributed by atoms with E-state index >= 15 is 0 Å². The summed E-state index contributed by atoms with van der Waals surface area (Å²) in [6, 6.07) is 7.59. The van der Waals surface area contributed by atoms with E-state index in [-0.39, 0.29) is 5.91 Å². The van der Waals surface area contributed by atoms with Crippen molar-refractivity contribution in [3.63, 3.8) is 0 Å². The van der Waals surface area contributed by atoms with E-state index in [9.17, 15) is 4.79 Å². The monoisotopic (exact) mass is 442 g/mol. The Balaban J connectivity index is 2.15. The molecule has 0 radical (unpaired) electrons. The maximum absolute atomic E-state index is 12.3. The summed E-state index contributed by atoms with van der Waals surface area (Å²) in [5, 5.41) is 5.44. The lowest BCUT2D eigenvalue weighted by Crippen LogP contribution is -2.26. The quantitative estimate of drug-likeness (QED) is 0.164. The SMILES string of the molecule is CCCCCCC/C=C/C(=C\C(=O)NCC(C)C)Oc1cc2cccc(Cl)c2c(C)n1. The molecule has 0 fully saturated rings. The number of nitrogens with one attached hydrogen (secondary N) is 1. The summed E-state index contributed by atoms with van der Waals surface area (Å²) in [6.07, 6.45) is 12.5. The van der Waals surface area contributed by atoms with E-state index in [1.807, 2.05) is 37.3 Å². The number of allylic oxidation sites excluding steroid dienone is 2. The van der Waals surface area contributed by atoms with E-state index < -0.39 is 0 Å². The molecule has 0 saturated heterocycles. The molecule has 0 aliphatic carbocycles. The largest absolute Gasteiger partial charge is 0.439 e. The topological polar surface area (TPSA) is 51.2 Å². The molecule has 1 aromatic heterocycles. The van der Waals surface area contributed by atoms with Gasteiger partial charge in [-0.05, 0) is 43.2 Å². The van der Waals surface area contributed by atoms with Crippen LogP contribution in [0.4, 0.5) is 0 Å². The van der Waals surface area contributed by atoms with Crippen LogP contribution in [0, 0.1) is 12.8 Å². The molecule has 0 spiro atoms. The summed E-state index contributed by atoms with van der Waals surface area (Å²) >= 11 is 6.32. The van der Waals surface area contributed by atoms with Gasteiger partial charge in [0.1, 0.15) is 5.76 Å². The van der Waals surface area contributed by atoms with Gasteiger partial charge in [0, 0.05) is 24.1 Å². The molecular weight excluding hydrogens is 408 g/mol. The second-order valence-electron chi connectivity index (χ2n) is 8.28. The normalized spacial score (nSPS) is 12.1. The fourth-order valence-corrected chi connectivity index (χ4v) is 3.58.